The van der Waals surface area contributed by atoms with Crippen LogP contribution in [0.4, 0.5) is 22.0 Å². The molecular weight excluding hydrogens is 323 g/mol. The van der Waals surface area contributed by atoms with Crippen LogP contribution >= 0.6 is 0 Å². The first kappa shape index (κ1) is 17.2. The van der Waals surface area contributed by atoms with Gasteiger partial charge in [0.2, 0.25) is 11.8 Å². The van der Waals surface area contributed by atoms with E-state index in [2.05, 4.69) is 0 Å². The van der Waals surface area contributed by atoms with Crippen LogP contribution in [0.2, 0.25) is 0 Å². The SMILES string of the molecule is NC(=O)[C@@H]1CN(C(=O)Cc2cc(F)ccc2F)C[C@H]1C(F)(F)F. The highest BCUT2D eigenvalue weighted by Crippen LogP contribution is 2.37. The topological polar surface area (TPSA) is 63.4 Å². The Kier molecular flexibility index (Phi) is 4.58. The van der Waals surface area contributed by atoms with Gasteiger partial charge < -0.3 is 10.6 Å². The third-order valence-corrected chi connectivity index (χ3v) is 3.81. The molecule has 1 heterocycles. The number of alkyl halides is 3. The molecule has 2 atom stereocenters. The minimum Gasteiger partial charge on any atom is -0.369 e. The Morgan fingerprint density at radius 2 is 1.87 bits per heavy atom. The molecule has 1 aromatic rings. The summed E-state index contributed by atoms with van der Waals surface area (Å²) in [5.74, 6) is -7.18. The fraction of sp³-hybridized carbons (Fsp3) is 0.429. The van der Waals surface area contributed by atoms with E-state index in [1.165, 1.54) is 0 Å². The number of nitrogens with zero attached hydrogens (tertiary/aromatic N) is 1. The van der Waals surface area contributed by atoms with E-state index in [1.54, 1.807) is 0 Å². The van der Waals surface area contributed by atoms with Crippen LogP contribution in [0.5, 0.6) is 0 Å². The van der Waals surface area contributed by atoms with Crippen molar-refractivity contribution in [1.29, 1.82) is 0 Å². The van der Waals surface area contributed by atoms with E-state index in [0.717, 1.165) is 23.1 Å². The van der Waals surface area contributed by atoms with Crippen LogP contribution in [0.15, 0.2) is 18.2 Å². The highest BCUT2D eigenvalue weighted by atomic mass is 19.4. The Morgan fingerprint density at radius 1 is 1.22 bits per heavy atom. The Labute approximate surface area is 128 Å². The fourth-order valence-electron chi connectivity index (χ4n) is 2.58. The van der Waals surface area contributed by atoms with E-state index in [1.807, 2.05) is 0 Å². The second-order valence-electron chi connectivity index (χ2n) is 5.37. The van der Waals surface area contributed by atoms with Crippen molar-refractivity contribution in [3.8, 4) is 0 Å². The summed E-state index contributed by atoms with van der Waals surface area (Å²) in [4.78, 5) is 24.0. The lowest BCUT2D eigenvalue weighted by Gasteiger charge is -2.18. The van der Waals surface area contributed by atoms with Gasteiger partial charge >= 0.3 is 6.18 Å². The summed E-state index contributed by atoms with van der Waals surface area (Å²) in [7, 11) is 0. The number of amides is 2. The third kappa shape index (κ3) is 3.77. The zero-order valence-electron chi connectivity index (χ0n) is 11.7. The monoisotopic (exact) mass is 336 g/mol. The van der Waals surface area contributed by atoms with Crippen LogP contribution in [0.3, 0.4) is 0 Å². The molecule has 0 unspecified atom stereocenters. The maximum absolute atomic E-state index is 13.5. The van der Waals surface area contributed by atoms with Crippen molar-refractivity contribution in [2.75, 3.05) is 13.1 Å². The van der Waals surface area contributed by atoms with E-state index >= 15 is 0 Å². The predicted octanol–water partition coefficient (Wildman–Crippen LogP) is 1.63. The van der Waals surface area contributed by atoms with Crippen molar-refractivity contribution in [1.82, 2.24) is 4.90 Å². The number of nitrogens with two attached hydrogens (primary N) is 1. The highest BCUT2D eigenvalue weighted by Gasteiger charge is 2.52. The minimum atomic E-state index is -4.68. The van der Waals surface area contributed by atoms with Gasteiger partial charge in [-0.15, -0.1) is 0 Å². The second-order valence-corrected chi connectivity index (χ2v) is 5.37. The van der Waals surface area contributed by atoms with Crippen molar-refractivity contribution < 1.29 is 31.5 Å². The van der Waals surface area contributed by atoms with Crippen molar-refractivity contribution in [3.63, 3.8) is 0 Å². The Hall–Kier alpha value is -2.19. The lowest BCUT2D eigenvalue weighted by Crippen LogP contribution is -2.37. The van der Waals surface area contributed by atoms with Gasteiger partial charge in [-0.1, -0.05) is 0 Å². The van der Waals surface area contributed by atoms with Crippen LogP contribution in [0, 0.1) is 23.5 Å². The van der Waals surface area contributed by atoms with E-state index in [9.17, 15) is 31.5 Å². The number of primary amides is 1. The molecule has 0 aliphatic carbocycles. The number of benzene rings is 1. The fourth-order valence-corrected chi connectivity index (χ4v) is 2.58. The number of carbonyl (C=O) groups excluding carboxylic acids is 2. The number of rotatable bonds is 3. The molecule has 0 radical (unpaired) electrons. The lowest BCUT2D eigenvalue weighted by molar-refractivity contribution is -0.182. The summed E-state index contributed by atoms with van der Waals surface area (Å²) in [5.41, 5.74) is 4.69. The van der Waals surface area contributed by atoms with Gasteiger partial charge in [0, 0.05) is 18.7 Å². The first-order valence-corrected chi connectivity index (χ1v) is 6.67. The molecule has 0 bridgehead atoms. The standard InChI is InChI=1S/C14H13F5N2O2/c15-8-1-2-11(16)7(3-8)4-12(22)21-5-9(13(20)23)10(6-21)14(17,18)19/h1-3,9-10H,4-6H2,(H2,20,23)/t9-,10-/m1/s1. The average molecular weight is 336 g/mol. The summed E-state index contributed by atoms with van der Waals surface area (Å²) < 4.78 is 65.2. The van der Waals surface area contributed by atoms with Gasteiger partial charge in [-0.2, -0.15) is 13.2 Å². The van der Waals surface area contributed by atoms with Gasteiger partial charge in [0.05, 0.1) is 18.3 Å². The molecule has 1 aliphatic heterocycles. The van der Waals surface area contributed by atoms with Gasteiger partial charge in [0.1, 0.15) is 11.6 Å². The van der Waals surface area contributed by atoms with Crippen LogP contribution in [-0.2, 0) is 16.0 Å². The minimum absolute atomic E-state index is 0.263. The molecular formula is C14H13F5N2O2. The maximum atomic E-state index is 13.5. The molecule has 4 nitrogen and oxygen atoms in total. The van der Waals surface area contributed by atoms with Crippen LogP contribution in [0.1, 0.15) is 5.56 Å². The van der Waals surface area contributed by atoms with Crippen LogP contribution in [-0.4, -0.2) is 36.0 Å². The summed E-state index contributed by atoms with van der Waals surface area (Å²) in [6.07, 6.45) is -5.28. The summed E-state index contributed by atoms with van der Waals surface area (Å²) in [6.45, 7) is -1.22. The summed E-state index contributed by atoms with van der Waals surface area (Å²) >= 11 is 0. The number of likely N-dealkylation sites (tertiary alicyclic amines) is 1. The summed E-state index contributed by atoms with van der Waals surface area (Å²) in [6, 6.07) is 2.49. The number of halogens is 5. The molecule has 1 aliphatic rings. The molecule has 0 spiro atoms. The molecule has 1 saturated heterocycles. The van der Waals surface area contributed by atoms with Gasteiger partial charge in [-0.3, -0.25) is 9.59 Å². The quantitative estimate of drug-likeness (QED) is 0.853. The second kappa shape index (κ2) is 6.13. The predicted molar refractivity (Wildman–Crippen MR) is 68.9 cm³/mol. The first-order chi connectivity index (χ1) is 10.6. The molecule has 9 heteroatoms. The zero-order valence-corrected chi connectivity index (χ0v) is 11.7. The van der Waals surface area contributed by atoms with Gasteiger partial charge in [0.15, 0.2) is 0 Å². The van der Waals surface area contributed by atoms with Crippen LogP contribution < -0.4 is 5.73 Å². The zero-order chi connectivity index (χ0) is 17.4. The molecule has 2 rings (SSSR count). The largest absolute Gasteiger partial charge is 0.394 e. The normalized spacial score (nSPS) is 21.5. The van der Waals surface area contributed by atoms with E-state index < -0.39 is 61.0 Å². The number of hydrogen-bond donors (Lipinski definition) is 1. The van der Waals surface area contributed by atoms with Crippen molar-refractivity contribution in [3.05, 3.63) is 35.4 Å². The average Bonchev–Trinajstić information content (AvgIpc) is 2.88. The third-order valence-electron chi connectivity index (χ3n) is 3.81. The highest BCUT2D eigenvalue weighted by molar-refractivity contribution is 5.82. The molecule has 0 aromatic heterocycles. The van der Waals surface area contributed by atoms with E-state index in [4.69, 9.17) is 5.73 Å². The maximum Gasteiger partial charge on any atom is 0.394 e. The molecule has 2 N–H and O–H groups in total. The Morgan fingerprint density at radius 3 is 2.39 bits per heavy atom. The van der Waals surface area contributed by atoms with Crippen molar-refractivity contribution >= 4 is 11.8 Å². The first-order valence-electron chi connectivity index (χ1n) is 6.67. The summed E-state index contributed by atoms with van der Waals surface area (Å²) in [5, 5.41) is 0. The van der Waals surface area contributed by atoms with E-state index in [-0.39, 0.29) is 5.56 Å². The molecule has 2 amide bonds. The molecule has 1 aromatic carbocycles. The molecule has 1 fully saturated rings. The number of hydrogen-bond acceptors (Lipinski definition) is 2. The molecule has 0 saturated carbocycles. The molecule has 126 valence electrons. The van der Waals surface area contributed by atoms with Crippen molar-refractivity contribution in [2.45, 2.75) is 12.6 Å². The van der Waals surface area contributed by atoms with Gasteiger partial charge in [-0.25, -0.2) is 8.78 Å². The Bertz CT molecular complexity index is 632. The van der Waals surface area contributed by atoms with Gasteiger partial charge in [0.25, 0.3) is 0 Å². The van der Waals surface area contributed by atoms with E-state index in [0.29, 0.717) is 0 Å². The lowest BCUT2D eigenvalue weighted by atomic mass is 9.95. The van der Waals surface area contributed by atoms with Gasteiger partial charge in [-0.05, 0) is 18.2 Å². The van der Waals surface area contributed by atoms with Crippen LogP contribution in [0.25, 0.3) is 0 Å². The Balaban J connectivity index is 2.14. The number of carbonyl (C=O) groups is 2. The molecule has 23 heavy (non-hydrogen) atoms. The smallest absolute Gasteiger partial charge is 0.369 e. The van der Waals surface area contributed by atoms with Crippen molar-refractivity contribution in [2.24, 2.45) is 17.6 Å².